The van der Waals surface area contributed by atoms with Gasteiger partial charge in [-0.3, -0.25) is 0 Å². The van der Waals surface area contributed by atoms with Gasteiger partial charge in [0.1, 0.15) is 6.04 Å². The van der Waals surface area contributed by atoms with Gasteiger partial charge in [-0.05, 0) is 12.3 Å². The molecule has 0 saturated heterocycles. The average molecular weight is 282 g/mol. The number of amides is 2. The molecule has 1 unspecified atom stereocenters. The van der Waals surface area contributed by atoms with Crippen molar-refractivity contribution in [1.29, 1.82) is 0 Å². The zero-order valence-corrected chi connectivity index (χ0v) is 12.0. The van der Waals surface area contributed by atoms with Gasteiger partial charge >= 0.3 is 12.0 Å². The van der Waals surface area contributed by atoms with Crippen molar-refractivity contribution in [3.8, 4) is 0 Å². The Morgan fingerprint density at radius 2 is 2.10 bits per heavy atom. The van der Waals surface area contributed by atoms with E-state index in [2.05, 4.69) is 20.6 Å². The summed E-state index contributed by atoms with van der Waals surface area (Å²) < 4.78 is 0. The van der Waals surface area contributed by atoms with E-state index in [4.69, 9.17) is 5.11 Å². The van der Waals surface area contributed by atoms with Crippen LogP contribution in [-0.4, -0.2) is 39.2 Å². The van der Waals surface area contributed by atoms with Crippen molar-refractivity contribution in [2.75, 3.05) is 0 Å². The fourth-order valence-electron chi connectivity index (χ4n) is 1.92. The molecule has 7 nitrogen and oxygen atoms in total. The molecule has 0 aliphatic rings. The zero-order chi connectivity index (χ0) is 15.1. The predicted octanol–water partition coefficient (Wildman–Crippen LogP) is 1.14. The summed E-state index contributed by atoms with van der Waals surface area (Å²) in [5.74, 6) is -0.783. The van der Waals surface area contributed by atoms with Gasteiger partial charge in [0.25, 0.3) is 0 Å². The lowest BCUT2D eigenvalue weighted by atomic mass is 10.0. The van der Waals surface area contributed by atoms with Gasteiger partial charge in [-0.2, -0.15) is 0 Å². The molecule has 2 atom stereocenters. The van der Waals surface area contributed by atoms with Crippen LogP contribution in [0.1, 0.15) is 32.9 Å². The van der Waals surface area contributed by atoms with E-state index in [1.54, 1.807) is 6.20 Å². The maximum atomic E-state index is 11.8. The van der Waals surface area contributed by atoms with Gasteiger partial charge in [0, 0.05) is 24.4 Å². The molecular weight excluding hydrogens is 260 g/mol. The highest BCUT2D eigenvalue weighted by atomic mass is 16.4. The number of H-pyrrole nitrogens is 1. The summed E-state index contributed by atoms with van der Waals surface area (Å²) in [6.07, 6.45) is 3.98. The Hall–Kier alpha value is -2.05. The minimum Gasteiger partial charge on any atom is -0.480 e. The lowest BCUT2D eigenvalue weighted by Gasteiger charge is -2.22. The molecule has 20 heavy (non-hydrogen) atoms. The summed E-state index contributed by atoms with van der Waals surface area (Å²) in [6.45, 7) is 5.99. The highest BCUT2D eigenvalue weighted by Gasteiger charge is 2.22. The number of carbonyl (C=O) groups is 2. The van der Waals surface area contributed by atoms with Crippen LogP contribution in [0.25, 0.3) is 0 Å². The summed E-state index contributed by atoms with van der Waals surface area (Å²) in [7, 11) is 0. The van der Waals surface area contributed by atoms with Crippen LogP contribution in [0.3, 0.4) is 0 Å². The quantitative estimate of drug-likeness (QED) is 0.601. The molecule has 0 fully saturated rings. The summed E-state index contributed by atoms with van der Waals surface area (Å²) in [6, 6.07) is -1.42. The molecule has 7 heteroatoms. The summed E-state index contributed by atoms with van der Waals surface area (Å²) in [4.78, 5) is 29.7. The Balaban J connectivity index is 2.57. The van der Waals surface area contributed by atoms with Crippen molar-refractivity contribution in [2.24, 2.45) is 5.92 Å². The van der Waals surface area contributed by atoms with E-state index >= 15 is 0 Å². The number of carboxylic acid groups (broad SMARTS) is 1. The molecule has 0 saturated carbocycles. The number of imidazole rings is 1. The van der Waals surface area contributed by atoms with Crippen molar-refractivity contribution in [3.05, 3.63) is 18.2 Å². The van der Waals surface area contributed by atoms with Gasteiger partial charge in [0.15, 0.2) is 0 Å². The maximum Gasteiger partial charge on any atom is 0.326 e. The van der Waals surface area contributed by atoms with Crippen molar-refractivity contribution < 1.29 is 14.7 Å². The van der Waals surface area contributed by atoms with Gasteiger partial charge < -0.3 is 20.7 Å². The number of nitrogens with zero attached hydrogens (tertiary/aromatic N) is 1. The summed E-state index contributed by atoms with van der Waals surface area (Å²) in [5.41, 5.74) is 0.661. The van der Waals surface area contributed by atoms with Gasteiger partial charge in [0.05, 0.1) is 6.33 Å². The number of hydrogen-bond donors (Lipinski definition) is 4. The van der Waals surface area contributed by atoms with Gasteiger partial charge in [-0.15, -0.1) is 0 Å². The second kappa shape index (κ2) is 7.52. The average Bonchev–Trinajstić information content (AvgIpc) is 2.87. The van der Waals surface area contributed by atoms with Gasteiger partial charge in [-0.1, -0.05) is 20.8 Å². The largest absolute Gasteiger partial charge is 0.480 e. The van der Waals surface area contributed by atoms with E-state index in [1.807, 2.05) is 20.8 Å². The van der Waals surface area contributed by atoms with E-state index in [0.29, 0.717) is 11.6 Å². The molecule has 1 aromatic rings. The first kappa shape index (κ1) is 16.0. The molecule has 0 aliphatic carbocycles. The molecule has 112 valence electrons. The second-order valence-corrected chi connectivity index (χ2v) is 5.05. The molecule has 0 aliphatic heterocycles. The van der Waals surface area contributed by atoms with Crippen LogP contribution >= 0.6 is 0 Å². The van der Waals surface area contributed by atoms with E-state index in [1.165, 1.54) is 6.33 Å². The second-order valence-electron chi connectivity index (χ2n) is 5.05. The Labute approximate surface area is 118 Å². The Kier molecular flexibility index (Phi) is 6.02. The minimum atomic E-state index is -1.08. The normalized spacial score (nSPS) is 13.8. The molecule has 0 spiro atoms. The Bertz CT molecular complexity index is 431. The van der Waals surface area contributed by atoms with Crippen molar-refractivity contribution in [3.63, 3.8) is 0 Å². The fraction of sp³-hybridized carbons (Fsp3) is 0.615. The van der Waals surface area contributed by atoms with Crippen LogP contribution in [0.15, 0.2) is 12.5 Å². The van der Waals surface area contributed by atoms with E-state index < -0.39 is 18.0 Å². The van der Waals surface area contributed by atoms with Gasteiger partial charge in [0.2, 0.25) is 0 Å². The van der Waals surface area contributed by atoms with E-state index in [-0.39, 0.29) is 12.5 Å². The highest BCUT2D eigenvalue weighted by Crippen LogP contribution is 2.05. The number of hydrogen-bond acceptors (Lipinski definition) is 3. The topological polar surface area (TPSA) is 107 Å². The SMILES string of the molecule is CCC(NC(=O)N[C@@H](Cc1cnc[nH]1)C(=O)O)C(C)C. The zero-order valence-electron chi connectivity index (χ0n) is 12.0. The highest BCUT2D eigenvalue weighted by molar-refractivity contribution is 5.82. The molecule has 0 radical (unpaired) electrons. The van der Waals surface area contributed by atoms with Crippen molar-refractivity contribution in [2.45, 2.75) is 45.7 Å². The predicted molar refractivity (Wildman–Crippen MR) is 74.3 cm³/mol. The molecular formula is C13H22N4O3. The molecule has 0 bridgehead atoms. The van der Waals surface area contributed by atoms with Crippen LogP contribution in [0, 0.1) is 5.92 Å². The number of rotatable bonds is 7. The number of urea groups is 1. The number of nitrogens with one attached hydrogen (secondary N) is 3. The molecule has 2 amide bonds. The molecule has 1 aromatic heterocycles. The molecule has 4 N–H and O–H groups in total. The van der Waals surface area contributed by atoms with Gasteiger partial charge in [-0.25, -0.2) is 14.6 Å². The Morgan fingerprint density at radius 3 is 2.55 bits per heavy atom. The van der Waals surface area contributed by atoms with Crippen LogP contribution in [0.5, 0.6) is 0 Å². The Morgan fingerprint density at radius 1 is 1.40 bits per heavy atom. The van der Waals surface area contributed by atoms with Crippen LogP contribution < -0.4 is 10.6 Å². The fourth-order valence-corrected chi connectivity index (χ4v) is 1.92. The summed E-state index contributed by atoms with van der Waals surface area (Å²) >= 11 is 0. The first-order chi connectivity index (χ1) is 9.43. The monoisotopic (exact) mass is 282 g/mol. The van der Waals surface area contributed by atoms with Crippen molar-refractivity contribution in [1.82, 2.24) is 20.6 Å². The van der Waals surface area contributed by atoms with Crippen LogP contribution in [0.2, 0.25) is 0 Å². The number of aromatic amines is 1. The third kappa shape index (κ3) is 4.91. The molecule has 1 heterocycles. The summed E-state index contributed by atoms with van der Waals surface area (Å²) in [5, 5.41) is 14.4. The number of aliphatic carboxylic acids is 1. The number of carboxylic acids is 1. The lowest BCUT2D eigenvalue weighted by Crippen LogP contribution is -2.50. The standard InChI is InChI=1S/C13H22N4O3/c1-4-10(8(2)3)16-13(20)17-11(12(18)19)5-9-6-14-7-15-9/h6-8,10-11H,4-5H2,1-3H3,(H,14,15)(H,18,19)(H2,16,17,20)/t10?,11-/m0/s1. The first-order valence-corrected chi connectivity index (χ1v) is 6.71. The third-order valence-corrected chi connectivity index (χ3v) is 3.14. The third-order valence-electron chi connectivity index (χ3n) is 3.14. The number of aromatic nitrogens is 2. The molecule has 1 rings (SSSR count). The smallest absolute Gasteiger partial charge is 0.326 e. The lowest BCUT2D eigenvalue weighted by molar-refractivity contribution is -0.139. The van der Waals surface area contributed by atoms with Crippen molar-refractivity contribution >= 4 is 12.0 Å². The van der Waals surface area contributed by atoms with Crippen LogP contribution in [-0.2, 0) is 11.2 Å². The number of carbonyl (C=O) groups excluding carboxylic acids is 1. The maximum absolute atomic E-state index is 11.8. The molecule has 0 aromatic carbocycles. The minimum absolute atomic E-state index is 0.0246. The first-order valence-electron chi connectivity index (χ1n) is 6.71. The van der Waals surface area contributed by atoms with E-state index in [9.17, 15) is 9.59 Å². The van der Waals surface area contributed by atoms with Crippen LogP contribution in [0.4, 0.5) is 4.79 Å². The van der Waals surface area contributed by atoms with E-state index in [0.717, 1.165) is 6.42 Å².